The molecule has 0 heterocycles. The van der Waals surface area contributed by atoms with Crippen LogP contribution in [0.3, 0.4) is 0 Å². The summed E-state index contributed by atoms with van der Waals surface area (Å²) in [5, 5.41) is 20.3. The normalized spacial score (nSPS) is 11.5. The van der Waals surface area contributed by atoms with Crippen LogP contribution in [0, 0.1) is 10.1 Å². The highest BCUT2D eigenvalue weighted by Gasteiger charge is 2.25. The van der Waals surface area contributed by atoms with Gasteiger partial charge in [0, 0.05) is 37.4 Å². The third kappa shape index (κ3) is 3.12. The largest absolute Gasteiger partial charge is 0.478 e. The van der Waals surface area contributed by atoms with Crippen LogP contribution in [-0.2, 0) is 10.0 Å². The molecule has 8 nitrogen and oxygen atoms in total. The van der Waals surface area contributed by atoms with E-state index in [1.54, 1.807) is 0 Å². The highest BCUT2D eigenvalue weighted by atomic mass is 32.2. The maximum atomic E-state index is 12.5. The van der Waals surface area contributed by atoms with E-state index in [2.05, 4.69) is 0 Å². The van der Waals surface area contributed by atoms with Crippen molar-refractivity contribution in [1.29, 1.82) is 0 Å². The van der Waals surface area contributed by atoms with Gasteiger partial charge in [-0.2, -0.15) is 0 Å². The Balaban J connectivity index is 2.85. The van der Waals surface area contributed by atoms with Crippen LogP contribution in [0.1, 0.15) is 10.4 Å². The van der Waals surface area contributed by atoms with E-state index in [0.717, 1.165) is 22.5 Å². The average molecular weight is 350 g/mol. The van der Waals surface area contributed by atoms with Crippen LogP contribution in [0.2, 0.25) is 0 Å². The minimum atomic E-state index is -3.86. The molecule has 0 aliphatic rings. The smallest absolute Gasteiger partial charge is 0.336 e. The summed E-state index contributed by atoms with van der Waals surface area (Å²) in [7, 11) is -1.17. The van der Waals surface area contributed by atoms with Crippen molar-refractivity contribution < 1.29 is 23.2 Å². The first-order valence-corrected chi connectivity index (χ1v) is 8.14. The minimum Gasteiger partial charge on any atom is -0.478 e. The van der Waals surface area contributed by atoms with Crippen molar-refractivity contribution in [3.05, 3.63) is 58.1 Å². The summed E-state index contributed by atoms with van der Waals surface area (Å²) in [6.07, 6.45) is 0. The van der Waals surface area contributed by atoms with Gasteiger partial charge in [0.25, 0.3) is 5.69 Å². The molecule has 0 radical (unpaired) electrons. The summed E-state index contributed by atoms with van der Waals surface area (Å²) in [6, 6.07) is 9.00. The second kappa shape index (κ2) is 6.38. The van der Waals surface area contributed by atoms with Crippen molar-refractivity contribution in [3.63, 3.8) is 0 Å². The number of hydrogen-bond acceptors (Lipinski definition) is 5. The maximum Gasteiger partial charge on any atom is 0.336 e. The third-order valence-electron chi connectivity index (χ3n) is 3.38. The van der Waals surface area contributed by atoms with Gasteiger partial charge >= 0.3 is 5.97 Å². The molecule has 2 aromatic carbocycles. The molecule has 0 fully saturated rings. The van der Waals surface area contributed by atoms with Gasteiger partial charge in [-0.25, -0.2) is 17.5 Å². The van der Waals surface area contributed by atoms with E-state index >= 15 is 0 Å². The highest BCUT2D eigenvalue weighted by molar-refractivity contribution is 7.89. The van der Waals surface area contributed by atoms with E-state index in [1.165, 1.54) is 38.4 Å². The molecule has 0 saturated carbocycles. The highest BCUT2D eigenvalue weighted by Crippen LogP contribution is 2.33. The predicted octanol–water partition coefficient (Wildman–Crippen LogP) is 2.21. The molecule has 126 valence electrons. The van der Waals surface area contributed by atoms with Crippen LogP contribution in [0.5, 0.6) is 0 Å². The molecule has 0 spiro atoms. The minimum absolute atomic E-state index is 0.0299. The van der Waals surface area contributed by atoms with Gasteiger partial charge < -0.3 is 5.11 Å². The van der Waals surface area contributed by atoms with E-state index in [1.807, 2.05) is 0 Å². The van der Waals surface area contributed by atoms with Crippen LogP contribution in [0.4, 0.5) is 5.69 Å². The van der Waals surface area contributed by atoms with Crippen molar-refractivity contribution >= 4 is 21.7 Å². The Morgan fingerprint density at radius 1 is 1.12 bits per heavy atom. The Hall–Kier alpha value is -2.78. The second-order valence-electron chi connectivity index (χ2n) is 5.08. The number of nitro groups is 1. The molecule has 0 aliphatic heterocycles. The topological polar surface area (TPSA) is 118 Å². The van der Waals surface area contributed by atoms with E-state index in [9.17, 15) is 28.4 Å². The maximum absolute atomic E-state index is 12.5. The molecular weight excluding hydrogens is 336 g/mol. The lowest BCUT2D eigenvalue weighted by Crippen LogP contribution is -2.23. The number of benzene rings is 2. The Kier molecular flexibility index (Phi) is 4.67. The summed E-state index contributed by atoms with van der Waals surface area (Å²) in [5.41, 5.74) is -0.487. The van der Waals surface area contributed by atoms with E-state index < -0.39 is 20.9 Å². The number of aromatic carboxylic acids is 1. The number of non-ortho nitro benzene ring substituents is 1. The summed E-state index contributed by atoms with van der Waals surface area (Å²) in [5.74, 6) is -1.31. The standard InChI is InChI=1S/C15H14N2O6S/c1-16(2)24(22,23)14-6-4-3-5-11(14)13-9-10(17(20)21)7-8-12(13)15(18)19/h3-9H,1-2H3,(H,18,19). The lowest BCUT2D eigenvalue weighted by atomic mass is 9.99. The molecule has 0 saturated heterocycles. The van der Waals surface area contributed by atoms with E-state index in [0.29, 0.717) is 0 Å². The SMILES string of the molecule is CN(C)S(=O)(=O)c1ccccc1-c1cc([N+](=O)[O-])ccc1C(=O)O. The first-order chi connectivity index (χ1) is 11.2. The Labute approximate surface area is 138 Å². The van der Waals surface area contributed by atoms with Crippen LogP contribution in [0.25, 0.3) is 11.1 Å². The summed E-state index contributed by atoms with van der Waals surface area (Å²) in [6.45, 7) is 0. The monoisotopic (exact) mass is 350 g/mol. The molecule has 0 bridgehead atoms. The first kappa shape index (κ1) is 17.6. The fourth-order valence-electron chi connectivity index (χ4n) is 2.17. The van der Waals surface area contributed by atoms with Crippen LogP contribution in [-0.4, -0.2) is 42.8 Å². The molecule has 2 aromatic rings. The lowest BCUT2D eigenvalue weighted by Gasteiger charge is -2.16. The Morgan fingerprint density at radius 2 is 1.75 bits per heavy atom. The molecule has 2 rings (SSSR count). The average Bonchev–Trinajstić information content (AvgIpc) is 2.53. The van der Waals surface area contributed by atoms with Gasteiger partial charge in [-0.05, 0) is 12.1 Å². The molecule has 0 aliphatic carbocycles. The second-order valence-corrected chi connectivity index (χ2v) is 7.20. The molecule has 0 aromatic heterocycles. The molecule has 9 heteroatoms. The quantitative estimate of drug-likeness (QED) is 0.652. The van der Waals surface area contributed by atoms with Crippen molar-refractivity contribution in [3.8, 4) is 11.1 Å². The number of carbonyl (C=O) groups is 1. The van der Waals surface area contributed by atoms with Gasteiger partial charge in [0.1, 0.15) is 0 Å². The van der Waals surface area contributed by atoms with Crippen molar-refractivity contribution in [2.75, 3.05) is 14.1 Å². The van der Waals surface area contributed by atoms with Gasteiger partial charge in [0.2, 0.25) is 10.0 Å². The molecule has 0 unspecified atom stereocenters. The summed E-state index contributed by atoms with van der Waals surface area (Å²) >= 11 is 0. The zero-order chi connectivity index (χ0) is 18.1. The van der Waals surface area contributed by atoms with Gasteiger partial charge in [0.15, 0.2) is 0 Å². The molecule has 0 atom stereocenters. The van der Waals surface area contributed by atoms with Crippen molar-refractivity contribution in [2.45, 2.75) is 4.90 Å². The van der Waals surface area contributed by atoms with Crippen LogP contribution >= 0.6 is 0 Å². The fraction of sp³-hybridized carbons (Fsp3) is 0.133. The molecule has 24 heavy (non-hydrogen) atoms. The number of nitrogens with zero attached hydrogens (tertiary/aromatic N) is 2. The predicted molar refractivity (Wildman–Crippen MR) is 86.4 cm³/mol. The zero-order valence-electron chi connectivity index (χ0n) is 12.8. The third-order valence-corrected chi connectivity index (χ3v) is 5.25. The van der Waals surface area contributed by atoms with Crippen LogP contribution < -0.4 is 0 Å². The summed E-state index contributed by atoms with van der Waals surface area (Å²) in [4.78, 5) is 21.6. The van der Waals surface area contributed by atoms with Crippen LogP contribution in [0.15, 0.2) is 47.4 Å². The Bertz CT molecular complexity index is 921. The van der Waals surface area contributed by atoms with E-state index in [-0.39, 0.29) is 27.3 Å². The number of carboxylic acids is 1. The summed E-state index contributed by atoms with van der Waals surface area (Å²) < 4.78 is 25.9. The van der Waals surface area contributed by atoms with E-state index in [4.69, 9.17) is 0 Å². The number of hydrogen-bond donors (Lipinski definition) is 1. The number of rotatable bonds is 5. The molecular formula is C15H14N2O6S. The lowest BCUT2D eigenvalue weighted by molar-refractivity contribution is -0.384. The van der Waals surface area contributed by atoms with Crippen molar-refractivity contribution in [1.82, 2.24) is 4.31 Å². The number of sulfonamides is 1. The fourth-order valence-corrected chi connectivity index (χ4v) is 3.27. The van der Waals surface area contributed by atoms with Crippen molar-refractivity contribution in [2.24, 2.45) is 0 Å². The van der Waals surface area contributed by atoms with Gasteiger partial charge in [-0.3, -0.25) is 10.1 Å². The number of nitro benzene ring substituents is 1. The molecule has 0 amide bonds. The first-order valence-electron chi connectivity index (χ1n) is 6.70. The van der Waals surface area contributed by atoms with Gasteiger partial charge in [0.05, 0.1) is 15.4 Å². The number of carboxylic acid groups (broad SMARTS) is 1. The van der Waals surface area contributed by atoms with Gasteiger partial charge in [-0.1, -0.05) is 18.2 Å². The van der Waals surface area contributed by atoms with Gasteiger partial charge in [-0.15, -0.1) is 0 Å². The zero-order valence-corrected chi connectivity index (χ0v) is 13.6. The molecule has 1 N–H and O–H groups in total. The Morgan fingerprint density at radius 3 is 2.29 bits per heavy atom.